The van der Waals surface area contributed by atoms with Gasteiger partial charge in [0.05, 0.1) is 27.9 Å². The van der Waals surface area contributed by atoms with Gasteiger partial charge in [0.15, 0.2) is 0 Å². The lowest BCUT2D eigenvalue weighted by molar-refractivity contribution is -0.121. The minimum atomic E-state index is -0.235. The summed E-state index contributed by atoms with van der Waals surface area (Å²) in [6, 6.07) is 14.0. The van der Waals surface area contributed by atoms with E-state index < -0.39 is 0 Å². The predicted octanol–water partition coefficient (Wildman–Crippen LogP) is 3.74. The maximum Gasteiger partial charge on any atom is 0.255 e. The van der Waals surface area contributed by atoms with Crippen molar-refractivity contribution in [2.45, 2.75) is 31.8 Å². The molecule has 0 aromatic heterocycles. The zero-order valence-electron chi connectivity index (χ0n) is 18.4. The Labute approximate surface area is 198 Å². The molecule has 2 aliphatic heterocycles. The minimum absolute atomic E-state index is 0.0503. The Kier molecular flexibility index (Phi) is 7.62. The summed E-state index contributed by atoms with van der Waals surface area (Å²) in [5.41, 5.74) is 1.39. The first-order valence-corrected chi connectivity index (χ1v) is 11.7. The van der Waals surface area contributed by atoms with Crippen molar-refractivity contribution in [2.24, 2.45) is 5.92 Å². The van der Waals surface area contributed by atoms with Crippen LogP contribution in [0.1, 0.15) is 46.4 Å². The van der Waals surface area contributed by atoms with Gasteiger partial charge in [-0.05, 0) is 49.9 Å². The molecule has 3 amide bonds. The first kappa shape index (κ1) is 23.3. The summed E-state index contributed by atoms with van der Waals surface area (Å²) in [5.74, 6) is -0.725. The second-order valence-corrected chi connectivity index (χ2v) is 8.83. The summed E-state index contributed by atoms with van der Waals surface area (Å²) in [4.78, 5) is 40.1. The summed E-state index contributed by atoms with van der Waals surface area (Å²) in [6.07, 6.45) is 3.10. The van der Waals surface area contributed by atoms with Crippen LogP contribution >= 0.6 is 11.6 Å². The Balaban J connectivity index is 1.32. The van der Waals surface area contributed by atoms with E-state index >= 15 is 0 Å². The molecule has 2 fully saturated rings. The van der Waals surface area contributed by atoms with E-state index in [0.717, 1.165) is 19.4 Å². The van der Waals surface area contributed by atoms with Crippen LogP contribution < -0.4 is 10.6 Å². The Morgan fingerprint density at radius 3 is 2.36 bits per heavy atom. The fourth-order valence-corrected chi connectivity index (χ4v) is 4.50. The number of amides is 3. The second-order valence-electron chi connectivity index (χ2n) is 8.43. The van der Waals surface area contributed by atoms with Crippen LogP contribution in [0.4, 0.5) is 5.69 Å². The smallest absolute Gasteiger partial charge is 0.255 e. The van der Waals surface area contributed by atoms with Crippen molar-refractivity contribution in [3.8, 4) is 0 Å². The molecule has 2 saturated heterocycles. The van der Waals surface area contributed by atoms with Crippen molar-refractivity contribution in [3.63, 3.8) is 0 Å². The number of carbonyl (C=O) groups excluding carboxylic acids is 3. The molecular weight excluding hydrogens is 442 g/mol. The zero-order valence-corrected chi connectivity index (χ0v) is 19.1. The molecule has 1 unspecified atom stereocenters. The second kappa shape index (κ2) is 10.8. The first-order chi connectivity index (χ1) is 16.0. The molecule has 4 rings (SSSR count). The Morgan fingerprint density at radius 2 is 1.67 bits per heavy atom. The predicted molar refractivity (Wildman–Crippen MR) is 126 cm³/mol. The summed E-state index contributed by atoms with van der Waals surface area (Å²) in [6.45, 7) is 2.15. The van der Waals surface area contributed by atoms with Crippen molar-refractivity contribution < 1.29 is 19.1 Å². The van der Waals surface area contributed by atoms with Gasteiger partial charge < -0.3 is 20.3 Å². The molecule has 0 bridgehead atoms. The van der Waals surface area contributed by atoms with Crippen molar-refractivity contribution in [2.75, 3.05) is 31.6 Å². The molecule has 2 heterocycles. The molecule has 0 aliphatic carbocycles. The van der Waals surface area contributed by atoms with Crippen molar-refractivity contribution in [3.05, 3.63) is 64.7 Å². The normalized spacial score (nSPS) is 18.7. The lowest BCUT2D eigenvalue weighted by Gasteiger charge is -2.31. The molecule has 8 heteroatoms. The number of rotatable bonds is 6. The van der Waals surface area contributed by atoms with Crippen molar-refractivity contribution in [1.82, 2.24) is 10.2 Å². The van der Waals surface area contributed by atoms with E-state index in [9.17, 15) is 14.4 Å². The fraction of sp³-hybridized carbons (Fsp3) is 0.400. The first-order valence-electron chi connectivity index (χ1n) is 11.4. The van der Waals surface area contributed by atoms with E-state index in [1.165, 1.54) is 0 Å². The van der Waals surface area contributed by atoms with Gasteiger partial charge in [0.2, 0.25) is 5.91 Å². The molecule has 7 nitrogen and oxygen atoms in total. The van der Waals surface area contributed by atoms with Gasteiger partial charge in [-0.15, -0.1) is 0 Å². The maximum absolute atomic E-state index is 12.9. The van der Waals surface area contributed by atoms with Crippen LogP contribution in [-0.4, -0.2) is 55.0 Å². The number of piperidine rings is 1. The SMILES string of the molecule is O=C(NCC1CCCO1)c1ccccc1NC(=O)C1CCN(C(=O)c2ccccc2Cl)CC1. The van der Waals surface area contributed by atoms with Crippen LogP contribution in [-0.2, 0) is 9.53 Å². The Morgan fingerprint density at radius 1 is 0.970 bits per heavy atom. The lowest BCUT2D eigenvalue weighted by atomic mass is 9.95. The van der Waals surface area contributed by atoms with Gasteiger partial charge in [-0.25, -0.2) is 0 Å². The topological polar surface area (TPSA) is 87.7 Å². The molecule has 2 aliphatic rings. The molecule has 1 atom stereocenters. The monoisotopic (exact) mass is 469 g/mol. The third-order valence-corrected chi connectivity index (χ3v) is 6.53. The molecule has 174 valence electrons. The van der Waals surface area contributed by atoms with Crippen LogP contribution in [0.5, 0.6) is 0 Å². The summed E-state index contributed by atoms with van der Waals surface area (Å²) in [5, 5.41) is 6.25. The third kappa shape index (κ3) is 5.72. The Hall–Kier alpha value is -2.90. The van der Waals surface area contributed by atoms with Gasteiger partial charge in [0.1, 0.15) is 0 Å². The molecule has 0 saturated carbocycles. The molecular formula is C25H28ClN3O4. The van der Waals surface area contributed by atoms with Crippen LogP contribution in [0.2, 0.25) is 5.02 Å². The molecule has 33 heavy (non-hydrogen) atoms. The van der Waals surface area contributed by atoms with E-state index in [1.807, 2.05) is 0 Å². The summed E-state index contributed by atoms with van der Waals surface area (Å²) in [7, 11) is 0. The highest BCUT2D eigenvalue weighted by Gasteiger charge is 2.29. The van der Waals surface area contributed by atoms with Crippen LogP contribution in [0.3, 0.4) is 0 Å². The van der Waals surface area contributed by atoms with Crippen LogP contribution in [0.25, 0.3) is 0 Å². The minimum Gasteiger partial charge on any atom is -0.376 e. The number of hydrogen-bond acceptors (Lipinski definition) is 4. The number of anilines is 1. The summed E-state index contributed by atoms with van der Waals surface area (Å²) < 4.78 is 5.55. The number of carbonyl (C=O) groups is 3. The number of halogens is 1. The average Bonchev–Trinajstić information content (AvgIpc) is 3.37. The number of nitrogens with zero attached hydrogens (tertiary/aromatic N) is 1. The molecule has 0 spiro atoms. The lowest BCUT2D eigenvalue weighted by Crippen LogP contribution is -2.41. The molecule has 0 radical (unpaired) electrons. The van der Waals surface area contributed by atoms with Gasteiger partial charge in [-0.2, -0.15) is 0 Å². The molecule has 2 aromatic carbocycles. The van der Waals surface area contributed by atoms with E-state index in [2.05, 4.69) is 10.6 Å². The molecule has 2 N–H and O–H groups in total. The summed E-state index contributed by atoms with van der Waals surface area (Å²) >= 11 is 6.16. The van der Waals surface area contributed by atoms with Gasteiger partial charge in [-0.3, -0.25) is 14.4 Å². The van der Waals surface area contributed by atoms with E-state index in [4.69, 9.17) is 16.3 Å². The number of nitrogens with one attached hydrogen (secondary N) is 2. The number of para-hydroxylation sites is 1. The van der Waals surface area contributed by atoms with Gasteiger partial charge >= 0.3 is 0 Å². The van der Waals surface area contributed by atoms with Gasteiger partial charge in [-0.1, -0.05) is 35.9 Å². The maximum atomic E-state index is 12.9. The van der Waals surface area contributed by atoms with E-state index in [-0.39, 0.29) is 29.7 Å². The van der Waals surface area contributed by atoms with Gasteiger partial charge in [0.25, 0.3) is 11.8 Å². The highest BCUT2D eigenvalue weighted by Crippen LogP contribution is 2.24. The average molecular weight is 470 g/mol. The van der Waals surface area contributed by atoms with E-state index in [0.29, 0.717) is 54.3 Å². The Bertz CT molecular complexity index is 1010. The van der Waals surface area contributed by atoms with E-state index in [1.54, 1.807) is 53.4 Å². The highest BCUT2D eigenvalue weighted by molar-refractivity contribution is 6.33. The molecule has 2 aromatic rings. The fourth-order valence-electron chi connectivity index (χ4n) is 4.28. The van der Waals surface area contributed by atoms with Crippen LogP contribution in [0.15, 0.2) is 48.5 Å². The quantitative estimate of drug-likeness (QED) is 0.674. The van der Waals surface area contributed by atoms with Crippen molar-refractivity contribution >= 4 is 35.0 Å². The largest absolute Gasteiger partial charge is 0.376 e. The number of likely N-dealkylation sites (tertiary alicyclic amines) is 1. The number of benzene rings is 2. The van der Waals surface area contributed by atoms with Crippen LogP contribution in [0, 0.1) is 5.92 Å². The highest BCUT2D eigenvalue weighted by atomic mass is 35.5. The number of hydrogen-bond donors (Lipinski definition) is 2. The zero-order chi connectivity index (χ0) is 23.2. The van der Waals surface area contributed by atoms with Gasteiger partial charge in [0, 0.05) is 32.2 Å². The van der Waals surface area contributed by atoms with Crippen molar-refractivity contribution in [1.29, 1.82) is 0 Å². The standard InChI is InChI=1S/C25H28ClN3O4/c26-21-9-3-1-7-19(21)25(32)29-13-11-17(12-14-29)23(30)28-22-10-4-2-8-20(22)24(31)27-16-18-6-5-15-33-18/h1-4,7-10,17-18H,5-6,11-16H2,(H,27,31)(H,28,30). The third-order valence-electron chi connectivity index (χ3n) is 6.20. The number of ether oxygens (including phenoxy) is 1.